The van der Waals surface area contributed by atoms with E-state index in [0.29, 0.717) is 12.0 Å². The van der Waals surface area contributed by atoms with E-state index in [-0.39, 0.29) is 0 Å². The predicted molar refractivity (Wildman–Crippen MR) is 51.2 cm³/mol. The summed E-state index contributed by atoms with van der Waals surface area (Å²) in [5.41, 5.74) is 5.70. The molecule has 70 valence electrons. The number of likely N-dealkylation sites (N-methyl/N-ethyl adjacent to an activating group) is 1. The summed E-state index contributed by atoms with van der Waals surface area (Å²) in [6.07, 6.45) is 1.18. The lowest BCUT2D eigenvalue weighted by molar-refractivity contribution is 0.300. The molecule has 0 aromatic rings. The summed E-state index contributed by atoms with van der Waals surface area (Å²) in [6.45, 7) is 2.04. The molecule has 0 amide bonds. The van der Waals surface area contributed by atoms with E-state index in [4.69, 9.17) is 5.73 Å². The van der Waals surface area contributed by atoms with E-state index in [1.807, 2.05) is 0 Å². The van der Waals surface area contributed by atoms with Crippen LogP contribution in [0.1, 0.15) is 6.42 Å². The highest BCUT2D eigenvalue weighted by atomic mass is 15.3. The second-order valence-electron chi connectivity index (χ2n) is 3.43. The first kappa shape index (κ1) is 9.32. The fourth-order valence-corrected chi connectivity index (χ4v) is 1.51. The predicted octanol–water partition coefficient (Wildman–Crippen LogP) is -0.433. The van der Waals surface area contributed by atoms with Gasteiger partial charge >= 0.3 is 0 Å². The van der Waals surface area contributed by atoms with E-state index in [0.717, 1.165) is 13.1 Å². The largest absolute Gasteiger partial charge is 0.370 e. The van der Waals surface area contributed by atoms with Crippen LogP contribution in [0, 0.1) is 0 Å². The second-order valence-corrected chi connectivity index (χ2v) is 3.43. The highest BCUT2D eigenvalue weighted by molar-refractivity contribution is 5.78. The number of nitrogens with two attached hydrogens (primary N) is 1. The lowest BCUT2D eigenvalue weighted by Crippen LogP contribution is -2.38. The average Bonchev–Trinajstić information content (AvgIpc) is 2.51. The molecule has 0 spiro atoms. The lowest BCUT2D eigenvalue weighted by atomic mass is 10.2. The van der Waals surface area contributed by atoms with Crippen molar-refractivity contribution in [1.82, 2.24) is 9.80 Å². The molecule has 0 bridgehead atoms. The zero-order chi connectivity index (χ0) is 9.14. The molecule has 12 heavy (non-hydrogen) atoms. The first-order valence-corrected chi connectivity index (χ1v) is 4.28. The highest BCUT2D eigenvalue weighted by Crippen LogP contribution is 2.12. The smallest absolute Gasteiger partial charge is 0.191 e. The summed E-state index contributed by atoms with van der Waals surface area (Å²) in [5.74, 6) is 0.666. The Labute approximate surface area is 74.0 Å². The number of likely N-dealkylation sites (tertiary alicyclic amines) is 1. The van der Waals surface area contributed by atoms with Gasteiger partial charge in [0.1, 0.15) is 0 Å². The molecule has 1 heterocycles. The van der Waals surface area contributed by atoms with E-state index < -0.39 is 0 Å². The molecule has 0 aromatic carbocycles. The van der Waals surface area contributed by atoms with Gasteiger partial charge in [0.05, 0.1) is 0 Å². The number of hydrogen-bond donors (Lipinski definition) is 1. The van der Waals surface area contributed by atoms with Crippen molar-refractivity contribution in [2.75, 3.05) is 34.2 Å². The maximum atomic E-state index is 5.70. The quantitative estimate of drug-likeness (QED) is 0.429. The minimum absolute atomic E-state index is 0.630. The number of hydrogen-bond acceptors (Lipinski definition) is 2. The van der Waals surface area contributed by atoms with Crippen molar-refractivity contribution in [3.05, 3.63) is 0 Å². The van der Waals surface area contributed by atoms with Crippen molar-refractivity contribution in [2.24, 2.45) is 10.7 Å². The zero-order valence-electron chi connectivity index (χ0n) is 8.12. The molecule has 0 aromatic heterocycles. The second kappa shape index (κ2) is 3.76. The third kappa shape index (κ3) is 1.88. The standard InChI is InChI=1S/C8H18N4/c1-10-8(9)12-5-4-7(6-12)11(2)3/h7H,4-6H2,1-3H3,(H2,9,10). The molecule has 1 atom stereocenters. The summed E-state index contributed by atoms with van der Waals surface area (Å²) in [5, 5.41) is 0. The average molecular weight is 170 g/mol. The molecule has 1 rings (SSSR count). The first-order valence-electron chi connectivity index (χ1n) is 4.28. The number of aliphatic imine (C=N–C) groups is 1. The third-order valence-electron chi connectivity index (χ3n) is 2.45. The molecule has 1 unspecified atom stereocenters. The van der Waals surface area contributed by atoms with E-state index in [9.17, 15) is 0 Å². The van der Waals surface area contributed by atoms with Crippen molar-refractivity contribution in [1.29, 1.82) is 0 Å². The Morgan fingerprint density at radius 1 is 1.58 bits per heavy atom. The van der Waals surface area contributed by atoms with Crippen LogP contribution in [-0.4, -0.2) is 56.0 Å². The van der Waals surface area contributed by atoms with Crippen molar-refractivity contribution in [2.45, 2.75) is 12.5 Å². The van der Waals surface area contributed by atoms with Gasteiger partial charge in [-0.2, -0.15) is 0 Å². The number of rotatable bonds is 1. The normalized spacial score (nSPS) is 25.5. The molecular formula is C8H18N4. The van der Waals surface area contributed by atoms with Gasteiger partial charge in [-0.3, -0.25) is 4.99 Å². The van der Waals surface area contributed by atoms with Gasteiger partial charge in [-0.1, -0.05) is 0 Å². The minimum Gasteiger partial charge on any atom is -0.370 e. The van der Waals surface area contributed by atoms with Gasteiger partial charge in [0.2, 0.25) is 0 Å². The Morgan fingerprint density at radius 2 is 2.25 bits per heavy atom. The van der Waals surface area contributed by atoms with Crippen LogP contribution >= 0.6 is 0 Å². The number of nitrogens with zero attached hydrogens (tertiary/aromatic N) is 3. The van der Waals surface area contributed by atoms with Crippen LogP contribution in [0.4, 0.5) is 0 Å². The fraction of sp³-hybridized carbons (Fsp3) is 0.875. The maximum Gasteiger partial charge on any atom is 0.191 e. The summed E-state index contributed by atoms with van der Waals surface area (Å²) < 4.78 is 0. The van der Waals surface area contributed by atoms with Gasteiger partial charge in [0.25, 0.3) is 0 Å². The minimum atomic E-state index is 0.630. The Hall–Kier alpha value is -0.770. The van der Waals surface area contributed by atoms with E-state index in [1.165, 1.54) is 6.42 Å². The van der Waals surface area contributed by atoms with Crippen molar-refractivity contribution < 1.29 is 0 Å². The van der Waals surface area contributed by atoms with Gasteiger partial charge in [-0.15, -0.1) is 0 Å². The molecule has 1 aliphatic rings. The molecule has 1 fully saturated rings. The van der Waals surface area contributed by atoms with E-state index in [1.54, 1.807) is 7.05 Å². The van der Waals surface area contributed by atoms with Crippen LogP contribution in [0.15, 0.2) is 4.99 Å². The third-order valence-corrected chi connectivity index (χ3v) is 2.45. The summed E-state index contributed by atoms with van der Waals surface area (Å²) >= 11 is 0. The maximum absolute atomic E-state index is 5.70. The van der Waals surface area contributed by atoms with E-state index >= 15 is 0 Å². The summed E-state index contributed by atoms with van der Waals surface area (Å²) in [7, 11) is 5.94. The van der Waals surface area contributed by atoms with Gasteiger partial charge in [0, 0.05) is 26.2 Å². The first-order chi connectivity index (χ1) is 5.65. The van der Waals surface area contributed by atoms with E-state index in [2.05, 4.69) is 28.9 Å². The van der Waals surface area contributed by atoms with Crippen LogP contribution in [0.25, 0.3) is 0 Å². The number of guanidine groups is 1. The van der Waals surface area contributed by atoms with Gasteiger partial charge in [-0.25, -0.2) is 0 Å². The Bertz CT molecular complexity index is 176. The molecule has 1 saturated heterocycles. The van der Waals surface area contributed by atoms with Crippen molar-refractivity contribution in [3.8, 4) is 0 Å². The molecular weight excluding hydrogens is 152 g/mol. The summed E-state index contributed by atoms with van der Waals surface area (Å²) in [6, 6.07) is 0.630. The lowest BCUT2D eigenvalue weighted by Gasteiger charge is -2.20. The van der Waals surface area contributed by atoms with Crippen LogP contribution in [0.5, 0.6) is 0 Å². The molecule has 0 radical (unpaired) electrons. The SMILES string of the molecule is CN=C(N)N1CCC(N(C)C)C1. The van der Waals surface area contributed by atoms with Gasteiger partial charge in [-0.05, 0) is 20.5 Å². The zero-order valence-corrected chi connectivity index (χ0v) is 8.12. The molecule has 2 N–H and O–H groups in total. The Balaban J connectivity index is 2.46. The van der Waals surface area contributed by atoms with Crippen molar-refractivity contribution in [3.63, 3.8) is 0 Å². The molecule has 0 saturated carbocycles. The molecule has 0 aliphatic carbocycles. The van der Waals surface area contributed by atoms with Crippen LogP contribution in [0.3, 0.4) is 0 Å². The molecule has 4 nitrogen and oxygen atoms in total. The monoisotopic (exact) mass is 170 g/mol. The highest BCUT2D eigenvalue weighted by Gasteiger charge is 2.24. The van der Waals surface area contributed by atoms with Gasteiger partial charge < -0.3 is 15.5 Å². The Kier molecular flexibility index (Phi) is 2.92. The van der Waals surface area contributed by atoms with Crippen LogP contribution in [-0.2, 0) is 0 Å². The van der Waals surface area contributed by atoms with Crippen LogP contribution in [0.2, 0.25) is 0 Å². The molecule has 1 aliphatic heterocycles. The van der Waals surface area contributed by atoms with Crippen LogP contribution < -0.4 is 5.73 Å². The molecule has 4 heteroatoms. The fourth-order valence-electron chi connectivity index (χ4n) is 1.51. The van der Waals surface area contributed by atoms with Crippen molar-refractivity contribution >= 4 is 5.96 Å². The Morgan fingerprint density at radius 3 is 2.67 bits per heavy atom. The topological polar surface area (TPSA) is 44.9 Å². The summed E-state index contributed by atoms with van der Waals surface area (Å²) in [4.78, 5) is 8.33. The van der Waals surface area contributed by atoms with Gasteiger partial charge in [0.15, 0.2) is 5.96 Å².